The first-order valence-electron chi connectivity index (χ1n) is 5.14. The van der Waals surface area contributed by atoms with E-state index in [-0.39, 0.29) is 0 Å². The molecule has 0 aromatic carbocycles. The van der Waals surface area contributed by atoms with Crippen LogP contribution in [0.3, 0.4) is 0 Å². The molecule has 0 saturated carbocycles. The van der Waals surface area contributed by atoms with Crippen molar-refractivity contribution in [3.05, 3.63) is 0 Å². The van der Waals surface area contributed by atoms with Crippen LogP contribution < -0.4 is 5.32 Å². The van der Waals surface area contributed by atoms with Crippen LogP contribution in [0.5, 0.6) is 0 Å². The van der Waals surface area contributed by atoms with E-state index in [2.05, 4.69) is 31.1 Å². The topological polar surface area (TPSA) is 15.3 Å². The van der Waals surface area contributed by atoms with Crippen LogP contribution in [-0.4, -0.2) is 37.6 Å². The third-order valence-electron chi connectivity index (χ3n) is 2.58. The van der Waals surface area contributed by atoms with E-state index >= 15 is 0 Å². The zero-order valence-electron chi connectivity index (χ0n) is 8.64. The van der Waals surface area contributed by atoms with Crippen LogP contribution in [0.15, 0.2) is 0 Å². The molecule has 1 aliphatic rings. The Bertz CT molecular complexity index is 125. The van der Waals surface area contributed by atoms with Crippen LogP contribution in [0, 0.1) is 5.92 Å². The lowest BCUT2D eigenvalue weighted by atomic mass is 10.1. The zero-order chi connectivity index (χ0) is 8.97. The van der Waals surface area contributed by atoms with Gasteiger partial charge in [0.2, 0.25) is 0 Å². The van der Waals surface area contributed by atoms with Crippen molar-refractivity contribution in [2.45, 2.75) is 32.7 Å². The first-order chi connectivity index (χ1) is 5.72. The third kappa shape index (κ3) is 3.11. The van der Waals surface area contributed by atoms with Gasteiger partial charge >= 0.3 is 0 Å². The molecule has 1 saturated heterocycles. The van der Waals surface area contributed by atoms with Gasteiger partial charge in [0.25, 0.3) is 0 Å². The Morgan fingerprint density at radius 1 is 1.50 bits per heavy atom. The summed E-state index contributed by atoms with van der Waals surface area (Å²) in [6, 6.07) is 0.747. The van der Waals surface area contributed by atoms with Crippen LogP contribution in [0.1, 0.15) is 26.7 Å². The minimum atomic E-state index is 0.747. The van der Waals surface area contributed by atoms with Crippen LogP contribution in [-0.2, 0) is 0 Å². The van der Waals surface area contributed by atoms with E-state index in [4.69, 9.17) is 0 Å². The van der Waals surface area contributed by atoms with Crippen LogP contribution in [0.25, 0.3) is 0 Å². The fourth-order valence-corrected chi connectivity index (χ4v) is 2.01. The predicted octanol–water partition coefficient (Wildman–Crippen LogP) is 1.33. The normalized spacial score (nSPS) is 30.0. The SMILES string of the molecule is CCCN(C)CC1CC(C)CN1. The van der Waals surface area contributed by atoms with E-state index in [1.807, 2.05) is 0 Å². The van der Waals surface area contributed by atoms with E-state index in [1.165, 1.54) is 32.5 Å². The number of hydrogen-bond donors (Lipinski definition) is 1. The van der Waals surface area contributed by atoms with Gasteiger partial charge in [-0.1, -0.05) is 13.8 Å². The van der Waals surface area contributed by atoms with Gasteiger partial charge in [-0.3, -0.25) is 0 Å². The molecule has 0 bridgehead atoms. The number of hydrogen-bond acceptors (Lipinski definition) is 2. The summed E-state index contributed by atoms with van der Waals surface area (Å²) in [6.45, 7) is 8.23. The highest BCUT2D eigenvalue weighted by molar-refractivity contribution is 4.80. The smallest absolute Gasteiger partial charge is 0.0198 e. The third-order valence-corrected chi connectivity index (χ3v) is 2.58. The maximum absolute atomic E-state index is 3.55. The highest BCUT2D eigenvalue weighted by atomic mass is 15.1. The Balaban J connectivity index is 2.14. The summed E-state index contributed by atoms with van der Waals surface area (Å²) in [5.74, 6) is 0.880. The minimum Gasteiger partial charge on any atom is -0.312 e. The second-order valence-corrected chi connectivity index (χ2v) is 4.21. The van der Waals surface area contributed by atoms with E-state index in [0.717, 1.165) is 12.0 Å². The first kappa shape index (κ1) is 10.0. The van der Waals surface area contributed by atoms with Crippen LogP contribution in [0.2, 0.25) is 0 Å². The van der Waals surface area contributed by atoms with Gasteiger partial charge in [-0.2, -0.15) is 0 Å². The molecule has 0 aromatic rings. The van der Waals surface area contributed by atoms with E-state index in [1.54, 1.807) is 0 Å². The molecular formula is C10H22N2. The summed E-state index contributed by atoms with van der Waals surface area (Å²) >= 11 is 0. The highest BCUT2D eigenvalue weighted by Gasteiger charge is 2.20. The first-order valence-corrected chi connectivity index (χ1v) is 5.14. The van der Waals surface area contributed by atoms with Crippen molar-refractivity contribution in [1.82, 2.24) is 10.2 Å². The molecule has 2 unspecified atom stereocenters. The second kappa shape index (κ2) is 4.83. The van der Waals surface area contributed by atoms with Gasteiger partial charge in [-0.25, -0.2) is 0 Å². The molecule has 0 aromatic heterocycles. The van der Waals surface area contributed by atoms with Gasteiger partial charge < -0.3 is 10.2 Å². The van der Waals surface area contributed by atoms with E-state index in [9.17, 15) is 0 Å². The molecule has 1 heterocycles. The van der Waals surface area contributed by atoms with Gasteiger partial charge in [-0.05, 0) is 38.9 Å². The lowest BCUT2D eigenvalue weighted by Gasteiger charge is -2.20. The van der Waals surface area contributed by atoms with Gasteiger partial charge in [0.05, 0.1) is 0 Å². The summed E-state index contributed by atoms with van der Waals surface area (Å²) < 4.78 is 0. The van der Waals surface area contributed by atoms with Crippen molar-refractivity contribution in [3.63, 3.8) is 0 Å². The molecule has 0 amide bonds. The standard InChI is InChI=1S/C10H22N2/c1-4-5-12(3)8-10-6-9(2)7-11-10/h9-11H,4-8H2,1-3H3. The second-order valence-electron chi connectivity index (χ2n) is 4.21. The summed E-state index contributed by atoms with van der Waals surface area (Å²) in [6.07, 6.45) is 2.62. The molecule has 1 fully saturated rings. The Labute approximate surface area is 76.3 Å². The Morgan fingerprint density at radius 2 is 2.25 bits per heavy atom. The largest absolute Gasteiger partial charge is 0.312 e. The molecule has 0 spiro atoms. The van der Waals surface area contributed by atoms with Crippen molar-refractivity contribution >= 4 is 0 Å². The van der Waals surface area contributed by atoms with Crippen LogP contribution in [0.4, 0.5) is 0 Å². The minimum absolute atomic E-state index is 0.747. The van der Waals surface area contributed by atoms with E-state index in [0.29, 0.717) is 0 Å². The van der Waals surface area contributed by atoms with Crippen molar-refractivity contribution in [2.24, 2.45) is 5.92 Å². The summed E-state index contributed by atoms with van der Waals surface area (Å²) in [4.78, 5) is 2.43. The fourth-order valence-electron chi connectivity index (χ4n) is 2.01. The lowest BCUT2D eigenvalue weighted by Crippen LogP contribution is -2.35. The number of rotatable bonds is 4. The lowest BCUT2D eigenvalue weighted by molar-refractivity contribution is 0.299. The van der Waals surface area contributed by atoms with Gasteiger partial charge in [0.15, 0.2) is 0 Å². The highest BCUT2D eigenvalue weighted by Crippen LogP contribution is 2.13. The Kier molecular flexibility index (Phi) is 4.02. The fraction of sp³-hybridized carbons (Fsp3) is 1.00. The molecule has 12 heavy (non-hydrogen) atoms. The molecule has 1 aliphatic heterocycles. The number of nitrogens with zero attached hydrogens (tertiary/aromatic N) is 1. The van der Waals surface area contributed by atoms with Crippen molar-refractivity contribution in [3.8, 4) is 0 Å². The number of nitrogens with one attached hydrogen (secondary N) is 1. The van der Waals surface area contributed by atoms with Crippen molar-refractivity contribution in [2.75, 3.05) is 26.7 Å². The molecule has 2 atom stereocenters. The average molecular weight is 170 g/mol. The molecular weight excluding hydrogens is 148 g/mol. The monoisotopic (exact) mass is 170 g/mol. The molecule has 0 aliphatic carbocycles. The summed E-state index contributed by atoms with van der Waals surface area (Å²) in [5.41, 5.74) is 0. The number of likely N-dealkylation sites (N-methyl/N-ethyl adjacent to an activating group) is 1. The van der Waals surface area contributed by atoms with Gasteiger partial charge in [-0.15, -0.1) is 0 Å². The molecule has 72 valence electrons. The predicted molar refractivity (Wildman–Crippen MR) is 53.4 cm³/mol. The average Bonchev–Trinajstić information content (AvgIpc) is 2.36. The van der Waals surface area contributed by atoms with Crippen molar-refractivity contribution < 1.29 is 0 Å². The van der Waals surface area contributed by atoms with Gasteiger partial charge in [0.1, 0.15) is 0 Å². The van der Waals surface area contributed by atoms with Crippen LogP contribution >= 0.6 is 0 Å². The molecule has 2 heteroatoms. The van der Waals surface area contributed by atoms with Crippen molar-refractivity contribution in [1.29, 1.82) is 0 Å². The Hall–Kier alpha value is -0.0800. The maximum atomic E-state index is 3.55. The van der Waals surface area contributed by atoms with E-state index < -0.39 is 0 Å². The zero-order valence-corrected chi connectivity index (χ0v) is 8.64. The Morgan fingerprint density at radius 3 is 2.75 bits per heavy atom. The molecule has 1 N–H and O–H groups in total. The molecule has 0 radical (unpaired) electrons. The van der Waals surface area contributed by atoms with Gasteiger partial charge in [0, 0.05) is 12.6 Å². The summed E-state index contributed by atoms with van der Waals surface area (Å²) in [5, 5.41) is 3.55. The molecule has 1 rings (SSSR count). The quantitative estimate of drug-likeness (QED) is 0.684. The summed E-state index contributed by atoms with van der Waals surface area (Å²) in [7, 11) is 2.22. The maximum Gasteiger partial charge on any atom is 0.0198 e. The molecule has 2 nitrogen and oxygen atoms in total.